The fourth-order valence-corrected chi connectivity index (χ4v) is 5.61. The Morgan fingerprint density at radius 3 is 2.75 bits per heavy atom. The summed E-state index contributed by atoms with van der Waals surface area (Å²) >= 11 is 0. The second-order valence-electron chi connectivity index (χ2n) is 10.0. The zero-order chi connectivity index (χ0) is 24.8. The highest BCUT2D eigenvalue weighted by Crippen LogP contribution is 2.30. The molecular formula is C26H31N7O3. The molecule has 1 aromatic carbocycles. The fraction of sp³-hybridized carbons (Fsp3) is 0.462. The number of benzene rings is 1. The SMILES string of the molecule is Cc1cc2[nH]c(=O)c3cnn(C4CCOCC4)c3c2cc1C(=O)N1CCN(Cc2cnc[nH]2)[C@@H](C)C1. The highest BCUT2D eigenvalue weighted by Gasteiger charge is 2.29. The normalized spacial score (nSPS) is 19.9. The Hall–Kier alpha value is -3.50. The maximum absolute atomic E-state index is 13.7. The van der Waals surface area contributed by atoms with Crippen molar-refractivity contribution in [3.8, 4) is 0 Å². The van der Waals surface area contributed by atoms with Crippen LogP contribution in [0.4, 0.5) is 0 Å². The number of ether oxygens (including phenoxy) is 1. The van der Waals surface area contributed by atoms with E-state index in [0.717, 1.165) is 53.6 Å². The predicted molar refractivity (Wildman–Crippen MR) is 136 cm³/mol. The molecule has 0 aliphatic carbocycles. The van der Waals surface area contributed by atoms with Crippen molar-refractivity contribution >= 4 is 27.7 Å². The number of nitrogens with zero attached hydrogens (tertiary/aromatic N) is 5. The van der Waals surface area contributed by atoms with Crippen molar-refractivity contribution in [2.45, 2.75) is 45.3 Å². The number of pyridine rings is 1. The minimum atomic E-state index is -0.156. The summed E-state index contributed by atoms with van der Waals surface area (Å²) in [6, 6.07) is 4.27. The van der Waals surface area contributed by atoms with Crippen LogP contribution in [0.3, 0.4) is 0 Å². The van der Waals surface area contributed by atoms with Crippen LogP contribution in [0.2, 0.25) is 0 Å². The summed E-state index contributed by atoms with van der Waals surface area (Å²) in [5.74, 6) is 0.0268. The first-order valence-corrected chi connectivity index (χ1v) is 12.6. The molecular weight excluding hydrogens is 458 g/mol. The number of piperazine rings is 1. The fourth-order valence-electron chi connectivity index (χ4n) is 5.61. The Balaban J connectivity index is 1.34. The number of amides is 1. The van der Waals surface area contributed by atoms with E-state index >= 15 is 0 Å². The number of aryl methyl sites for hydroxylation is 1. The number of hydrogen-bond acceptors (Lipinski definition) is 6. The van der Waals surface area contributed by atoms with Crippen LogP contribution in [0.15, 0.2) is 35.6 Å². The van der Waals surface area contributed by atoms with Crippen LogP contribution in [0.25, 0.3) is 21.8 Å². The molecule has 5 heterocycles. The molecule has 2 fully saturated rings. The zero-order valence-corrected chi connectivity index (χ0v) is 20.7. The van der Waals surface area contributed by atoms with Crippen LogP contribution in [-0.2, 0) is 11.3 Å². The average Bonchev–Trinajstić information content (AvgIpc) is 3.56. The standard InChI is InChI=1S/C26H31N7O3/c1-16-9-23-21(24-22(25(34)30-23)12-29-33(24)19-3-7-36-8-4-19)10-20(16)26(35)32-6-5-31(17(2)13-32)14-18-11-27-15-28-18/h9-12,15,17,19H,3-8,13-14H2,1-2H3,(H,27,28)(H,30,34)/t17-/m0/s1. The Kier molecular flexibility index (Phi) is 5.85. The lowest BCUT2D eigenvalue weighted by Gasteiger charge is -2.39. The van der Waals surface area contributed by atoms with E-state index < -0.39 is 0 Å². The molecule has 2 aliphatic rings. The van der Waals surface area contributed by atoms with Gasteiger partial charge in [-0.15, -0.1) is 0 Å². The molecule has 10 nitrogen and oxygen atoms in total. The first-order valence-electron chi connectivity index (χ1n) is 12.6. The summed E-state index contributed by atoms with van der Waals surface area (Å²) in [4.78, 5) is 41.1. The van der Waals surface area contributed by atoms with Crippen molar-refractivity contribution in [3.63, 3.8) is 0 Å². The van der Waals surface area contributed by atoms with Crippen molar-refractivity contribution in [2.75, 3.05) is 32.8 Å². The molecule has 0 unspecified atom stereocenters. The van der Waals surface area contributed by atoms with Gasteiger partial charge in [0.15, 0.2) is 0 Å². The molecule has 0 radical (unpaired) electrons. The Labute approximate surface area is 208 Å². The molecule has 3 aromatic heterocycles. The third-order valence-corrected chi connectivity index (χ3v) is 7.66. The van der Waals surface area contributed by atoms with E-state index in [-0.39, 0.29) is 23.6 Å². The van der Waals surface area contributed by atoms with E-state index in [0.29, 0.717) is 37.3 Å². The number of rotatable bonds is 4. The van der Waals surface area contributed by atoms with Crippen LogP contribution in [-0.4, -0.2) is 79.3 Å². The van der Waals surface area contributed by atoms with E-state index in [4.69, 9.17) is 4.74 Å². The lowest BCUT2D eigenvalue weighted by molar-refractivity contribution is 0.0492. The van der Waals surface area contributed by atoms with Crippen LogP contribution in [0.1, 0.15) is 47.4 Å². The van der Waals surface area contributed by atoms with Gasteiger partial charge in [0.1, 0.15) is 0 Å². The monoisotopic (exact) mass is 489 g/mol. The van der Waals surface area contributed by atoms with Gasteiger partial charge in [0.25, 0.3) is 11.5 Å². The van der Waals surface area contributed by atoms with Crippen molar-refractivity contribution in [1.82, 2.24) is 34.5 Å². The van der Waals surface area contributed by atoms with Crippen LogP contribution < -0.4 is 5.56 Å². The highest BCUT2D eigenvalue weighted by molar-refractivity contribution is 6.07. The zero-order valence-electron chi connectivity index (χ0n) is 20.7. The Morgan fingerprint density at radius 2 is 2.00 bits per heavy atom. The number of hydrogen-bond donors (Lipinski definition) is 2. The first kappa shape index (κ1) is 22.9. The van der Waals surface area contributed by atoms with Crippen molar-refractivity contribution in [2.24, 2.45) is 0 Å². The van der Waals surface area contributed by atoms with Gasteiger partial charge in [0.05, 0.1) is 35.0 Å². The molecule has 188 valence electrons. The molecule has 2 aliphatic heterocycles. The van der Waals surface area contributed by atoms with Crippen LogP contribution in [0.5, 0.6) is 0 Å². The Bertz CT molecular complexity index is 1470. The average molecular weight is 490 g/mol. The van der Waals surface area contributed by atoms with Gasteiger partial charge in [0.2, 0.25) is 0 Å². The summed E-state index contributed by atoms with van der Waals surface area (Å²) in [7, 11) is 0. The minimum Gasteiger partial charge on any atom is -0.381 e. The van der Waals surface area contributed by atoms with E-state index in [2.05, 4.69) is 31.9 Å². The van der Waals surface area contributed by atoms with E-state index in [9.17, 15) is 9.59 Å². The minimum absolute atomic E-state index is 0.0268. The van der Waals surface area contributed by atoms with Gasteiger partial charge < -0.3 is 19.6 Å². The van der Waals surface area contributed by atoms with Crippen molar-refractivity contribution in [1.29, 1.82) is 0 Å². The van der Waals surface area contributed by atoms with Gasteiger partial charge in [-0.1, -0.05) is 0 Å². The molecule has 10 heteroatoms. The predicted octanol–water partition coefficient (Wildman–Crippen LogP) is 2.61. The number of fused-ring (bicyclic) bond motifs is 3. The summed E-state index contributed by atoms with van der Waals surface area (Å²) in [6.07, 6.45) is 6.89. The molecule has 1 atom stereocenters. The maximum Gasteiger partial charge on any atom is 0.259 e. The highest BCUT2D eigenvalue weighted by atomic mass is 16.5. The quantitative estimate of drug-likeness (QED) is 0.456. The lowest BCUT2D eigenvalue weighted by Crippen LogP contribution is -2.53. The summed E-state index contributed by atoms with van der Waals surface area (Å²) in [5, 5.41) is 6.01. The van der Waals surface area contributed by atoms with Crippen LogP contribution in [0, 0.1) is 6.92 Å². The summed E-state index contributed by atoms with van der Waals surface area (Å²) in [6.45, 7) is 8.36. The third kappa shape index (κ3) is 4.00. The molecule has 2 N–H and O–H groups in total. The largest absolute Gasteiger partial charge is 0.381 e. The summed E-state index contributed by atoms with van der Waals surface area (Å²) < 4.78 is 7.50. The number of carbonyl (C=O) groups excluding carboxylic acids is 1. The number of imidazole rings is 1. The number of nitrogens with one attached hydrogen (secondary N) is 2. The molecule has 1 amide bonds. The van der Waals surface area contributed by atoms with Gasteiger partial charge >= 0.3 is 0 Å². The molecule has 0 spiro atoms. The van der Waals surface area contributed by atoms with Gasteiger partial charge in [-0.2, -0.15) is 5.10 Å². The number of carbonyl (C=O) groups is 1. The number of aromatic amines is 2. The van der Waals surface area contributed by atoms with E-state index in [1.165, 1.54) is 0 Å². The lowest BCUT2D eigenvalue weighted by atomic mass is 10.0. The summed E-state index contributed by atoms with van der Waals surface area (Å²) in [5.41, 5.74) is 3.97. The number of H-pyrrole nitrogens is 2. The third-order valence-electron chi connectivity index (χ3n) is 7.66. The molecule has 0 bridgehead atoms. The maximum atomic E-state index is 13.7. The molecule has 6 rings (SSSR count). The van der Waals surface area contributed by atoms with E-state index in [1.54, 1.807) is 12.5 Å². The smallest absolute Gasteiger partial charge is 0.259 e. The van der Waals surface area contributed by atoms with E-state index in [1.807, 2.05) is 34.8 Å². The van der Waals surface area contributed by atoms with Crippen molar-refractivity contribution < 1.29 is 9.53 Å². The van der Waals surface area contributed by atoms with Gasteiger partial charge in [-0.25, -0.2) is 4.98 Å². The molecule has 2 saturated heterocycles. The Morgan fingerprint density at radius 1 is 1.17 bits per heavy atom. The van der Waals surface area contributed by atoms with Crippen LogP contribution >= 0.6 is 0 Å². The molecule has 0 saturated carbocycles. The first-order chi connectivity index (χ1) is 17.5. The van der Waals surface area contributed by atoms with Gasteiger partial charge in [0, 0.05) is 68.3 Å². The molecule has 4 aromatic rings. The van der Waals surface area contributed by atoms with Crippen molar-refractivity contribution in [3.05, 3.63) is 58.0 Å². The topological polar surface area (TPSA) is 112 Å². The number of aromatic nitrogens is 5. The van der Waals surface area contributed by atoms with Gasteiger partial charge in [-0.3, -0.25) is 19.2 Å². The second kappa shape index (κ2) is 9.18. The van der Waals surface area contributed by atoms with Gasteiger partial charge in [-0.05, 0) is 44.4 Å². The molecule has 36 heavy (non-hydrogen) atoms. The second-order valence-corrected chi connectivity index (χ2v) is 10.0.